The summed E-state index contributed by atoms with van der Waals surface area (Å²) in [4.78, 5) is 58.5. The average molecular weight is 439 g/mol. The number of alkyl halides is 1. The minimum Gasteiger partial charge on any atom is -0.481 e. The fourth-order valence-electron chi connectivity index (χ4n) is 2.46. The molecule has 0 fully saturated rings. The predicted octanol–water partition coefficient (Wildman–Crippen LogP) is 0.552. The summed E-state index contributed by atoms with van der Waals surface area (Å²) in [5.41, 5.74) is 0.763. The summed E-state index contributed by atoms with van der Waals surface area (Å²) in [7, 11) is 0. The summed E-state index contributed by atoms with van der Waals surface area (Å²) in [5, 5.41) is 15.5. The Morgan fingerprint density at radius 2 is 1.71 bits per heavy atom. The van der Waals surface area contributed by atoms with Crippen LogP contribution in [0.3, 0.4) is 0 Å². The molecule has 0 heterocycles. The van der Waals surface area contributed by atoms with Gasteiger partial charge in [0.2, 0.25) is 11.8 Å². The van der Waals surface area contributed by atoms with Gasteiger partial charge in [-0.25, -0.2) is 9.18 Å². The van der Waals surface area contributed by atoms with Crippen molar-refractivity contribution in [1.82, 2.24) is 16.0 Å². The van der Waals surface area contributed by atoms with Gasteiger partial charge in [0.25, 0.3) is 0 Å². The van der Waals surface area contributed by atoms with Crippen LogP contribution in [0.4, 0.5) is 9.18 Å². The number of nitrogens with one attached hydrogen (secondary N) is 3. The second-order valence-corrected chi connectivity index (χ2v) is 6.96. The van der Waals surface area contributed by atoms with Crippen LogP contribution >= 0.6 is 0 Å². The highest BCUT2D eigenvalue weighted by Gasteiger charge is 2.27. The highest BCUT2D eigenvalue weighted by molar-refractivity contribution is 5.94. The molecule has 11 heteroatoms. The van der Waals surface area contributed by atoms with Crippen LogP contribution in [-0.4, -0.2) is 60.1 Å². The first kappa shape index (κ1) is 25.5. The largest absolute Gasteiger partial charge is 0.481 e. The molecule has 170 valence electrons. The molecular weight excluding hydrogens is 413 g/mol. The molecule has 0 aromatic heterocycles. The molecule has 0 aliphatic carbocycles. The van der Waals surface area contributed by atoms with Crippen molar-refractivity contribution >= 4 is 29.7 Å². The number of benzene rings is 1. The maximum Gasteiger partial charge on any atom is 0.408 e. The zero-order chi connectivity index (χ0) is 23.4. The molecule has 1 rings (SSSR count). The summed E-state index contributed by atoms with van der Waals surface area (Å²) in [6.07, 6.45) is -1.61. The summed E-state index contributed by atoms with van der Waals surface area (Å²) in [6, 6.07) is 6.36. The van der Waals surface area contributed by atoms with E-state index in [4.69, 9.17) is 9.84 Å². The second kappa shape index (κ2) is 12.9. The van der Waals surface area contributed by atoms with Crippen molar-refractivity contribution in [2.24, 2.45) is 5.92 Å². The zero-order valence-electron chi connectivity index (χ0n) is 17.2. The molecule has 2 atom stereocenters. The Morgan fingerprint density at radius 3 is 2.26 bits per heavy atom. The number of hydrogen-bond acceptors (Lipinski definition) is 6. The highest BCUT2D eigenvalue weighted by atomic mass is 19.1. The number of halogens is 1. The van der Waals surface area contributed by atoms with Crippen LogP contribution in [0.5, 0.6) is 0 Å². The van der Waals surface area contributed by atoms with Crippen LogP contribution < -0.4 is 16.0 Å². The number of ketones is 1. The summed E-state index contributed by atoms with van der Waals surface area (Å²) in [6.45, 7) is 1.32. The minimum absolute atomic E-state index is 0.00901. The Hall–Kier alpha value is -3.50. The number of carboxylic acids is 1. The van der Waals surface area contributed by atoms with Gasteiger partial charge in [0.15, 0.2) is 5.78 Å². The quantitative estimate of drug-likeness (QED) is 0.371. The van der Waals surface area contributed by atoms with Crippen molar-refractivity contribution in [1.29, 1.82) is 0 Å². The number of rotatable bonds is 12. The molecule has 0 unspecified atom stereocenters. The number of alkyl carbamates (subject to hydrolysis) is 1. The van der Waals surface area contributed by atoms with Gasteiger partial charge < -0.3 is 25.8 Å². The number of Topliss-reactive ketones (excluding diaryl/α,β-unsaturated/α-hetero) is 1. The van der Waals surface area contributed by atoms with Gasteiger partial charge in [0.05, 0.1) is 13.0 Å². The van der Waals surface area contributed by atoms with E-state index in [0.29, 0.717) is 0 Å². The van der Waals surface area contributed by atoms with Crippen LogP contribution in [0.1, 0.15) is 25.8 Å². The Bertz CT molecular complexity index is 786. The first-order valence-corrected chi connectivity index (χ1v) is 9.48. The maximum absolute atomic E-state index is 12.5. The lowest BCUT2D eigenvalue weighted by Gasteiger charge is -2.21. The number of carbonyl (C=O) groups excluding carboxylic acids is 4. The Balaban J connectivity index is 2.56. The monoisotopic (exact) mass is 439 g/mol. The topological polar surface area (TPSA) is 151 Å². The number of hydrogen-bond donors (Lipinski definition) is 4. The fraction of sp³-hybridized carbons (Fsp3) is 0.450. The predicted molar refractivity (Wildman–Crippen MR) is 107 cm³/mol. The number of amides is 3. The third kappa shape index (κ3) is 9.70. The Labute approximate surface area is 178 Å². The van der Waals surface area contributed by atoms with E-state index in [1.807, 2.05) is 6.07 Å². The molecule has 0 aliphatic rings. The molecule has 0 saturated carbocycles. The fourth-order valence-corrected chi connectivity index (χ4v) is 2.46. The summed E-state index contributed by atoms with van der Waals surface area (Å²) in [5.74, 6) is -4.40. The van der Waals surface area contributed by atoms with Gasteiger partial charge in [-0.1, -0.05) is 44.2 Å². The number of carboxylic acid groups (broad SMARTS) is 1. The van der Waals surface area contributed by atoms with Crippen molar-refractivity contribution in [3.8, 4) is 0 Å². The van der Waals surface area contributed by atoms with Gasteiger partial charge in [-0.05, 0) is 11.5 Å². The molecule has 0 radical (unpaired) electrons. The van der Waals surface area contributed by atoms with Crippen LogP contribution in [-0.2, 0) is 30.5 Å². The molecule has 3 amide bonds. The van der Waals surface area contributed by atoms with Crippen LogP contribution in [0.25, 0.3) is 0 Å². The van der Waals surface area contributed by atoms with E-state index in [2.05, 4.69) is 16.0 Å². The van der Waals surface area contributed by atoms with Gasteiger partial charge in [0.1, 0.15) is 25.4 Å². The number of carbonyl (C=O) groups is 5. The van der Waals surface area contributed by atoms with E-state index in [1.54, 1.807) is 38.1 Å². The maximum atomic E-state index is 12.5. The molecule has 10 nitrogen and oxygen atoms in total. The van der Waals surface area contributed by atoms with Crippen LogP contribution in [0.2, 0.25) is 0 Å². The Morgan fingerprint density at radius 1 is 1.06 bits per heavy atom. The van der Waals surface area contributed by atoms with Gasteiger partial charge in [-0.3, -0.25) is 19.2 Å². The number of ether oxygens (including phenoxy) is 1. The SMILES string of the molecule is CC(C)[C@H](NC(=O)OCc1ccccc1)C(=O)NCC(=O)N[C@@H](CC(=O)O)C(=O)CF. The van der Waals surface area contributed by atoms with Crippen molar-refractivity contribution in [3.63, 3.8) is 0 Å². The first-order valence-electron chi connectivity index (χ1n) is 9.48. The average Bonchev–Trinajstić information content (AvgIpc) is 2.73. The van der Waals surface area contributed by atoms with Crippen LogP contribution in [0, 0.1) is 5.92 Å². The summed E-state index contributed by atoms with van der Waals surface area (Å²) >= 11 is 0. The summed E-state index contributed by atoms with van der Waals surface area (Å²) < 4.78 is 17.6. The Kier molecular flexibility index (Phi) is 10.7. The minimum atomic E-state index is -1.54. The van der Waals surface area contributed by atoms with E-state index in [1.165, 1.54) is 0 Å². The van der Waals surface area contributed by atoms with E-state index in [0.717, 1.165) is 5.56 Å². The lowest BCUT2D eigenvalue weighted by molar-refractivity contribution is -0.140. The molecular formula is C20H26FN3O7. The molecule has 0 bridgehead atoms. The molecule has 1 aromatic carbocycles. The van der Waals surface area contributed by atoms with E-state index >= 15 is 0 Å². The lowest BCUT2D eigenvalue weighted by Crippen LogP contribution is -2.53. The van der Waals surface area contributed by atoms with Crippen molar-refractivity contribution in [3.05, 3.63) is 35.9 Å². The normalized spacial score (nSPS) is 12.4. The first-order chi connectivity index (χ1) is 14.6. The molecule has 31 heavy (non-hydrogen) atoms. The van der Waals surface area contributed by atoms with Crippen molar-refractivity contribution in [2.75, 3.05) is 13.2 Å². The van der Waals surface area contributed by atoms with E-state index in [-0.39, 0.29) is 12.5 Å². The molecule has 0 aliphatic heterocycles. The van der Waals surface area contributed by atoms with E-state index < -0.39 is 61.4 Å². The smallest absolute Gasteiger partial charge is 0.408 e. The third-order valence-electron chi connectivity index (χ3n) is 4.09. The second-order valence-electron chi connectivity index (χ2n) is 6.96. The van der Waals surface area contributed by atoms with Gasteiger partial charge >= 0.3 is 12.1 Å². The zero-order valence-corrected chi connectivity index (χ0v) is 17.2. The standard InChI is InChI=1S/C20H26FN3O7/c1-12(2)18(24-20(30)31-11-13-6-4-3-5-7-13)19(29)22-10-16(26)23-14(8-17(27)28)15(25)9-21/h3-7,12,14,18H,8-11H2,1-2H3,(H,22,29)(H,23,26)(H,24,30)(H,27,28)/t14-,18-/m0/s1. The lowest BCUT2D eigenvalue weighted by atomic mass is 10.0. The number of aliphatic carboxylic acids is 1. The molecule has 4 N–H and O–H groups in total. The van der Waals surface area contributed by atoms with E-state index in [9.17, 15) is 28.4 Å². The molecule has 1 aromatic rings. The molecule has 0 saturated heterocycles. The van der Waals surface area contributed by atoms with Gasteiger partial charge in [0, 0.05) is 0 Å². The van der Waals surface area contributed by atoms with Crippen LogP contribution in [0.15, 0.2) is 30.3 Å². The van der Waals surface area contributed by atoms with Crippen molar-refractivity contribution < 1.29 is 38.2 Å². The van der Waals surface area contributed by atoms with Gasteiger partial charge in [-0.2, -0.15) is 0 Å². The highest BCUT2D eigenvalue weighted by Crippen LogP contribution is 2.05. The van der Waals surface area contributed by atoms with Gasteiger partial charge in [-0.15, -0.1) is 0 Å². The van der Waals surface area contributed by atoms with Crippen molar-refractivity contribution in [2.45, 2.75) is 39.0 Å². The third-order valence-corrected chi connectivity index (χ3v) is 4.09. The molecule has 0 spiro atoms.